The fraction of sp³-hybridized carbons (Fsp3) is 0.333. The molecule has 0 amide bonds. The first-order chi connectivity index (χ1) is 13.0. The van der Waals surface area contributed by atoms with Crippen LogP contribution in [0.5, 0.6) is 11.5 Å². The zero-order chi connectivity index (χ0) is 20.7. The topological polar surface area (TPSA) is 66.2 Å². The maximum atomic E-state index is 9.68. The van der Waals surface area contributed by atoms with Gasteiger partial charge in [-0.2, -0.15) is 0 Å². The highest BCUT2D eigenvalue weighted by Crippen LogP contribution is 2.38. The van der Waals surface area contributed by atoms with Gasteiger partial charge >= 0.3 is 0 Å². The third-order valence-electron chi connectivity index (χ3n) is 4.60. The molecule has 0 fully saturated rings. The number of aromatic nitrogens is 2. The number of rotatable bonds is 2. The third kappa shape index (κ3) is 4.01. The van der Waals surface area contributed by atoms with E-state index >= 15 is 0 Å². The molecule has 0 saturated carbocycles. The number of hydrogen-bond donors (Lipinski definition) is 2. The standard InChI is InChI=1S/C24H28N2O2/c1-23(2,3)21-19(15-7-11-17(27)12-8-15)26-22(24(4,5)6)20(25-21)16-9-13-18(28)14-10-16/h7-14,27-28H,1-6H3. The normalized spacial score (nSPS) is 12.2. The summed E-state index contributed by atoms with van der Waals surface area (Å²) in [6, 6.07) is 14.2. The Morgan fingerprint density at radius 1 is 0.536 bits per heavy atom. The Bertz CT molecular complexity index is 894. The minimum absolute atomic E-state index is 0.220. The Balaban J connectivity index is 2.35. The van der Waals surface area contributed by atoms with Crippen molar-refractivity contribution >= 4 is 0 Å². The van der Waals surface area contributed by atoms with E-state index in [4.69, 9.17) is 9.97 Å². The van der Waals surface area contributed by atoms with E-state index in [0.717, 1.165) is 33.9 Å². The van der Waals surface area contributed by atoms with Crippen molar-refractivity contribution in [3.63, 3.8) is 0 Å². The maximum Gasteiger partial charge on any atom is 0.115 e. The summed E-state index contributed by atoms with van der Waals surface area (Å²) >= 11 is 0. The molecule has 0 saturated heterocycles. The molecule has 0 aliphatic rings. The molecule has 2 aromatic carbocycles. The number of phenolic OH excluding ortho intramolecular Hbond substituents is 2. The van der Waals surface area contributed by atoms with Gasteiger partial charge in [0.25, 0.3) is 0 Å². The van der Waals surface area contributed by atoms with Gasteiger partial charge in [0.05, 0.1) is 22.8 Å². The van der Waals surface area contributed by atoms with Crippen LogP contribution in [0.2, 0.25) is 0 Å². The van der Waals surface area contributed by atoms with Crippen LogP contribution in [0, 0.1) is 0 Å². The van der Waals surface area contributed by atoms with Crippen molar-refractivity contribution in [3.05, 3.63) is 59.9 Å². The molecule has 3 rings (SSSR count). The fourth-order valence-electron chi connectivity index (χ4n) is 3.12. The van der Waals surface area contributed by atoms with Crippen LogP contribution in [0.25, 0.3) is 22.5 Å². The highest BCUT2D eigenvalue weighted by Gasteiger charge is 2.29. The van der Waals surface area contributed by atoms with Crippen molar-refractivity contribution in [1.82, 2.24) is 9.97 Å². The third-order valence-corrected chi connectivity index (χ3v) is 4.60. The van der Waals surface area contributed by atoms with Crippen molar-refractivity contribution < 1.29 is 10.2 Å². The van der Waals surface area contributed by atoms with E-state index < -0.39 is 0 Å². The van der Waals surface area contributed by atoms with E-state index in [1.54, 1.807) is 24.3 Å². The molecule has 0 bridgehead atoms. The summed E-state index contributed by atoms with van der Waals surface area (Å²) in [5, 5.41) is 19.4. The first-order valence-corrected chi connectivity index (χ1v) is 9.48. The summed E-state index contributed by atoms with van der Waals surface area (Å²) in [5.74, 6) is 0.455. The fourth-order valence-corrected chi connectivity index (χ4v) is 3.12. The van der Waals surface area contributed by atoms with Gasteiger partial charge in [0.15, 0.2) is 0 Å². The lowest BCUT2D eigenvalue weighted by atomic mass is 9.84. The second-order valence-electron chi connectivity index (χ2n) is 9.21. The van der Waals surface area contributed by atoms with Gasteiger partial charge in [-0.05, 0) is 48.5 Å². The summed E-state index contributed by atoms with van der Waals surface area (Å²) in [4.78, 5) is 10.2. The van der Waals surface area contributed by atoms with Crippen LogP contribution in [0.15, 0.2) is 48.5 Å². The molecule has 28 heavy (non-hydrogen) atoms. The minimum Gasteiger partial charge on any atom is -0.508 e. The SMILES string of the molecule is CC(C)(C)c1nc(-c2ccc(O)cc2)c(C(C)(C)C)nc1-c1ccc(O)cc1. The Labute approximate surface area is 166 Å². The van der Waals surface area contributed by atoms with Crippen LogP contribution in [-0.2, 0) is 10.8 Å². The van der Waals surface area contributed by atoms with Gasteiger partial charge in [0, 0.05) is 22.0 Å². The number of aromatic hydroxyl groups is 2. The molecule has 2 N–H and O–H groups in total. The molecule has 0 aliphatic heterocycles. The van der Waals surface area contributed by atoms with E-state index in [2.05, 4.69) is 41.5 Å². The molecule has 1 heterocycles. The van der Waals surface area contributed by atoms with Gasteiger partial charge in [0.1, 0.15) is 11.5 Å². The van der Waals surface area contributed by atoms with Crippen LogP contribution < -0.4 is 0 Å². The van der Waals surface area contributed by atoms with Crippen LogP contribution >= 0.6 is 0 Å². The van der Waals surface area contributed by atoms with Gasteiger partial charge in [0.2, 0.25) is 0 Å². The summed E-state index contributed by atoms with van der Waals surface area (Å²) in [5.41, 5.74) is 4.88. The number of nitrogens with zero attached hydrogens (tertiary/aromatic N) is 2. The van der Waals surface area contributed by atoms with Gasteiger partial charge in [-0.3, -0.25) is 0 Å². The first kappa shape index (κ1) is 19.9. The van der Waals surface area contributed by atoms with Crippen LogP contribution in [0.3, 0.4) is 0 Å². The lowest BCUT2D eigenvalue weighted by Gasteiger charge is -2.27. The van der Waals surface area contributed by atoms with Crippen LogP contribution in [0.1, 0.15) is 52.9 Å². The second kappa shape index (κ2) is 6.93. The molecule has 0 aliphatic carbocycles. The smallest absolute Gasteiger partial charge is 0.115 e. The molecule has 4 heteroatoms. The Hall–Kier alpha value is -2.88. The van der Waals surface area contributed by atoms with Gasteiger partial charge in [-0.15, -0.1) is 0 Å². The maximum absolute atomic E-state index is 9.68. The zero-order valence-electron chi connectivity index (χ0n) is 17.4. The lowest BCUT2D eigenvalue weighted by Crippen LogP contribution is -2.22. The number of phenols is 2. The van der Waals surface area contributed by atoms with Crippen molar-refractivity contribution in [3.8, 4) is 34.0 Å². The number of benzene rings is 2. The second-order valence-corrected chi connectivity index (χ2v) is 9.21. The molecule has 0 unspecified atom stereocenters. The summed E-state index contributed by atoms with van der Waals surface area (Å²) < 4.78 is 0. The van der Waals surface area contributed by atoms with Gasteiger partial charge in [-0.1, -0.05) is 41.5 Å². The van der Waals surface area contributed by atoms with E-state index in [9.17, 15) is 10.2 Å². The van der Waals surface area contributed by atoms with Gasteiger partial charge in [-0.25, -0.2) is 9.97 Å². The van der Waals surface area contributed by atoms with E-state index in [1.807, 2.05) is 24.3 Å². The Kier molecular flexibility index (Phi) is 4.92. The molecular formula is C24H28N2O2. The highest BCUT2D eigenvalue weighted by molar-refractivity contribution is 5.70. The molecular weight excluding hydrogens is 348 g/mol. The predicted molar refractivity (Wildman–Crippen MR) is 114 cm³/mol. The van der Waals surface area contributed by atoms with Crippen molar-refractivity contribution in [2.45, 2.75) is 52.4 Å². The van der Waals surface area contributed by atoms with Crippen LogP contribution in [0.4, 0.5) is 0 Å². The zero-order valence-corrected chi connectivity index (χ0v) is 17.4. The average Bonchev–Trinajstić information content (AvgIpc) is 2.60. The average molecular weight is 377 g/mol. The van der Waals surface area contributed by atoms with E-state index in [-0.39, 0.29) is 22.3 Å². The van der Waals surface area contributed by atoms with Crippen molar-refractivity contribution in [2.75, 3.05) is 0 Å². The first-order valence-electron chi connectivity index (χ1n) is 9.48. The Morgan fingerprint density at radius 3 is 1.07 bits per heavy atom. The summed E-state index contributed by atoms with van der Waals surface area (Å²) in [6.07, 6.45) is 0. The summed E-state index contributed by atoms with van der Waals surface area (Å²) in [7, 11) is 0. The molecule has 0 atom stereocenters. The quantitative estimate of drug-likeness (QED) is 0.592. The van der Waals surface area contributed by atoms with Crippen LogP contribution in [-0.4, -0.2) is 20.2 Å². The number of hydrogen-bond acceptors (Lipinski definition) is 4. The van der Waals surface area contributed by atoms with E-state index in [0.29, 0.717) is 0 Å². The van der Waals surface area contributed by atoms with Crippen molar-refractivity contribution in [2.24, 2.45) is 0 Å². The molecule has 146 valence electrons. The Morgan fingerprint density at radius 2 is 0.821 bits per heavy atom. The largest absolute Gasteiger partial charge is 0.508 e. The molecule has 0 spiro atoms. The van der Waals surface area contributed by atoms with Crippen molar-refractivity contribution in [1.29, 1.82) is 0 Å². The molecule has 1 aromatic heterocycles. The van der Waals surface area contributed by atoms with Gasteiger partial charge < -0.3 is 10.2 Å². The molecule has 4 nitrogen and oxygen atoms in total. The molecule has 0 radical (unpaired) electrons. The van der Waals surface area contributed by atoms with E-state index in [1.165, 1.54) is 0 Å². The minimum atomic E-state index is -0.220. The molecule has 3 aromatic rings. The predicted octanol–water partition coefficient (Wildman–Crippen LogP) is 5.82. The monoisotopic (exact) mass is 376 g/mol. The summed E-state index contributed by atoms with van der Waals surface area (Å²) in [6.45, 7) is 12.7. The lowest BCUT2D eigenvalue weighted by molar-refractivity contribution is 0.475. The highest BCUT2D eigenvalue weighted by atomic mass is 16.3.